The molecule has 1 saturated heterocycles. The first-order chi connectivity index (χ1) is 14.7. The van der Waals surface area contributed by atoms with Gasteiger partial charge in [0.1, 0.15) is 11.5 Å². The molecule has 6 nitrogen and oxygen atoms in total. The molecule has 0 spiro atoms. The van der Waals surface area contributed by atoms with Crippen molar-refractivity contribution in [3.63, 3.8) is 0 Å². The van der Waals surface area contributed by atoms with Crippen LogP contribution in [0.25, 0.3) is 11.3 Å². The summed E-state index contributed by atoms with van der Waals surface area (Å²) in [6.07, 6.45) is 3.76. The third-order valence-electron chi connectivity index (χ3n) is 5.77. The SMILES string of the molecule is CCOC(=O)C1(Cc2cc(-c3ccccc3)no2)CCN(Cc2ccccn2)CC1. The summed E-state index contributed by atoms with van der Waals surface area (Å²) in [6.45, 7) is 4.65. The molecule has 156 valence electrons. The van der Waals surface area contributed by atoms with Crippen LogP contribution in [0.3, 0.4) is 0 Å². The fraction of sp³-hybridized carbons (Fsp3) is 0.375. The van der Waals surface area contributed by atoms with Gasteiger partial charge in [0.25, 0.3) is 0 Å². The lowest BCUT2D eigenvalue weighted by atomic mass is 9.75. The van der Waals surface area contributed by atoms with Crippen molar-refractivity contribution in [3.8, 4) is 11.3 Å². The Morgan fingerprint density at radius 1 is 1.13 bits per heavy atom. The molecule has 2 aromatic heterocycles. The lowest BCUT2D eigenvalue weighted by molar-refractivity contribution is -0.159. The number of carbonyl (C=O) groups excluding carboxylic acids is 1. The Morgan fingerprint density at radius 2 is 1.90 bits per heavy atom. The zero-order valence-corrected chi connectivity index (χ0v) is 17.3. The van der Waals surface area contributed by atoms with Crippen LogP contribution in [-0.2, 0) is 22.5 Å². The number of pyridine rings is 1. The maximum absolute atomic E-state index is 13.0. The molecule has 3 heterocycles. The van der Waals surface area contributed by atoms with Crippen LogP contribution in [0, 0.1) is 5.41 Å². The van der Waals surface area contributed by atoms with Gasteiger partial charge < -0.3 is 9.26 Å². The Balaban J connectivity index is 1.47. The van der Waals surface area contributed by atoms with Crippen LogP contribution in [0.2, 0.25) is 0 Å². The molecular formula is C24H27N3O3. The average Bonchev–Trinajstić information content (AvgIpc) is 3.25. The number of nitrogens with zero attached hydrogens (tertiary/aromatic N) is 3. The molecule has 0 radical (unpaired) electrons. The zero-order valence-electron chi connectivity index (χ0n) is 17.3. The minimum atomic E-state index is -0.579. The van der Waals surface area contributed by atoms with Gasteiger partial charge in [-0.3, -0.25) is 14.7 Å². The Morgan fingerprint density at radius 3 is 2.60 bits per heavy atom. The summed E-state index contributed by atoms with van der Waals surface area (Å²) in [5.41, 5.74) is 2.26. The second-order valence-corrected chi connectivity index (χ2v) is 7.82. The molecule has 0 bridgehead atoms. The van der Waals surface area contributed by atoms with E-state index in [2.05, 4.69) is 15.0 Å². The lowest BCUT2D eigenvalue weighted by Gasteiger charge is -2.39. The molecule has 0 N–H and O–H groups in total. The van der Waals surface area contributed by atoms with E-state index in [0.29, 0.717) is 13.0 Å². The van der Waals surface area contributed by atoms with Crippen molar-refractivity contribution in [2.45, 2.75) is 32.7 Å². The number of aromatic nitrogens is 2. The van der Waals surface area contributed by atoms with Gasteiger partial charge in [-0.25, -0.2) is 0 Å². The third kappa shape index (κ3) is 4.60. The molecular weight excluding hydrogens is 378 g/mol. The molecule has 4 rings (SSSR count). The number of ether oxygens (including phenoxy) is 1. The van der Waals surface area contributed by atoms with Crippen molar-refractivity contribution in [2.24, 2.45) is 5.41 Å². The van der Waals surface area contributed by atoms with E-state index in [0.717, 1.165) is 55.2 Å². The zero-order chi connectivity index (χ0) is 20.8. The quantitative estimate of drug-likeness (QED) is 0.551. The molecule has 0 aliphatic carbocycles. The highest BCUT2D eigenvalue weighted by atomic mass is 16.5. The monoisotopic (exact) mass is 405 g/mol. The smallest absolute Gasteiger partial charge is 0.312 e. The van der Waals surface area contributed by atoms with Crippen molar-refractivity contribution < 1.29 is 14.1 Å². The van der Waals surface area contributed by atoms with Gasteiger partial charge >= 0.3 is 5.97 Å². The summed E-state index contributed by atoms with van der Waals surface area (Å²) in [5.74, 6) is 0.584. The van der Waals surface area contributed by atoms with Crippen molar-refractivity contribution in [1.29, 1.82) is 0 Å². The van der Waals surface area contributed by atoms with Crippen LogP contribution in [-0.4, -0.2) is 40.7 Å². The minimum Gasteiger partial charge on any atom is -0.466 e. The van der Waals surface area contributed by atoms with Crippen LogP contribution in [0.15, 0.2) is 65.3 Å². The second kappa shape index (κ2) is 9.22. The second-order valence-electron chi connectivity index (χ2n) is 7.82. The fourth-order valence-electron chi connectivity index (χ4n) is 4.07. The highest BCUT2D eigenvalue weighted by Gasteiger charge is 2.43. The molecule has 0 amide bonds. The Labute approximate surface area is 176 Å². The van der Waals surface area contributed by atoms with Crippen LogP contribution in [0.1, 0.15) is 31.2 Å². The topological polar surface area (TPSA) is 68.5 Å². The number of esters is 1. The summed E-state index contributed by atoms with van der Waals surface area (Å²) < 4.78 is 11.1. The summed E-state index contributed by atoms with van der Waals surface area (Å²) in [7, 11) is 0. The van der Waals surface area contributed by atoms with Gasteiger partial charge in [0, 0.05) is 30.8 Å². The first-order valence-corrected chi connectivity index (χ1v) is 10.5. The van der Waals surface area contributed by atoms with Crippen LogP contribution < -0.4 is 0 Å². The molecule has 1 fully saturated rings. The molecule has 1 aliphatic rings. The fourth-order valence-corrected chi connectivity index (χ4v) is 4.07. The van der Waals surface area contributed by atoms with E-state index in [1.54, 1.807) is 0 Å². The van der Waals surface area contributed by atoms with Gasteiger partial charge in [0.2, 0.25) is 0 Å². The van der Waals surface area contributed by atoms with Crippen LogP contribution in [0.4, 0.5) is 0 Å². The standard InChI is InChI=1S/C24H27N3O3/c1-2-29-23(28)24(11-14-27(15-12-24)18-20-10-6-7-13-25-20)17-21-16-22(26-30-21)19-8-4-3-5-9-19/h3-10,13,16H,2,11-12,14-15,17-18H2,1H3. The number of carbonyl (C=O) groups is 1. The Hall–Kier alpha value is -2.99. The minimum absolute atomic E-state index is 0.139. The molecule has 30 heavy (non-hydrogen) atoms. The predicted octanol–water partition coefficient (Wildman–Crippen LogP) is 4.12. The van der Waals surface area contributed by atoms with E-state index < -0.39 is 5.41 Å². The summed E-state index contributed by atoms with van der Waals surface area (Å²) in [6, 6.07) is 17.8. The Kier molecular flexibility index (Phi) is 6.23. The predicted molar refractivity (Wildman–Crippen MR) is 113 cm³/mol. The normalized spacial score (nSPS) is 16.3. The molecule has 3 aromatic rings. The van der Waals surface area contributed by atoms with Gasteiger partial charge in [0.15, 0.2) is 0 Å². The van der Waals surface area contributed by atoms with E-state index in [9.17, 15) is 4.79 Å². The van der Waals surface area contributed by atoms with E-state index in [1.165, 1.54) is 0 Å². The van der Waals surface area contributed by atoms with Gasteiger partial charge in [0.05, 0.1) is 17.7 Å². The van der Waals surface area contributed by atoms with Crippen molar-refractivity contribution >= 4 is 5.97 Å². The molecule has 0 atom stereocenters. The average molecular weight is 405 g/mol. The van der Waals surface area contributed by atoms with Gasteiger partial charge in [-0.15, -0.1) is 0 Å². The maximum Gasteiger partial charge on any atom is 0.312 e. The maximum atomic E-state index is 13.0. The van der Waals surface area contributed by atoms with Crippen LogP contribution >= 0.6 is 0 Å². The van der Waals surface area contributed by atoms with Gasteiger partial charge in [-0.2, -0.15) is 0 Å². The highest BCUT2D eigenvalue weighted by molar-refractivity contribution is 5.77. The first kappa shape index (κ1) is 20.3. The number of likely N-dealkylation sites (tertiary alicyclic amines) is 1. The van der Waals surface area contributed by atoms with E-state index in [-0.39, 0.29) is 5.97 Å². The van der Waals surface area contributed by atoms with Crippen molar-refractivity contribution in [2.75, 3.05) is 19.7 Å². The summed E-state index contributed by atoms with van der Waals surface area (Å²) >= 11 is 0. The summed E-state index contributed by atoms with van der Waals surface area (Å²) in [4.78, 5) is 19.7. The van der Waals surface area contributed by atoms with Crippen LogP contribution in [0.5, 0.6) is 0 Å². The highest BCUT2D eigenvalue weighted by Crippen LogP contribution is 2.37. The number of hydrogen-bond donors (Lipinski definition) is 0. The molecule has 1 aliphatic heterocycles. The van der Waals surface area contributed by atoms with E-state index in [4.69, 9.17) is 9.26 Å². The summed E-state index contributed by atoms with van der Waals surface area (Å²) in [5, 5.41) is 4.21. The first-order valence-electron chi connectivity index (χ1n) is 10.5. The number of benzene rings is 1. The third-order valence-corrected chi connectivity index (χ3v) is 5.77. The number of piperidine rings is 1. The molecule has 0 unspecified atom stereocenters. The van der Waals surface area contributed by atoms with Crippen molar-refractivity contribution in [3.05, 3.63) is 72.2 Å². The van der Waals surface area contributed by atoms with Gasteiger partial charge in [-0.05, 0) is 45.0 Å². The van der Waals surface area contributed by atoms with Crippen molar-refractivity contribution in [1.82, 2.24) is 15.0 Å². The number of rotatable bonds is 7. The molecule has 0 saturated carbocycles. The van der Waals surface area contributed by atoms with E-state index >= 15 is 0 Å². The largest absolute Gasteiger partial charge is 0.466 e. The lowest BCUT2D eigenvalue weighted by Crippen LogP contribution is -2.46. The van der Waals surface area contributed by atoms with E-state index in [1.807, 2.05) is 67.7 Å². The number of hydrogen-bond acceptors (Lipinski definition) is 6. The molecule has 6 heteroatoms. The van der Waals surface area contributed by atoms with Gasteiger partial charge in [-0.1, -0.05) is 41.6 Å². The molecule has 1 aromatic carbocycles. The Bertz CT molecular complexity index is 948.